The second-order valence-electron chi connectivity index (χ2n) is 4.19. The van der Waals surface area contributed by atoms with Crippen molar-refractivity contribution in [2.75, 3.05) is 6.54 Å². The molecule has 1 aromatic carbocycles. The van der Waals surface area contributed by atoms with E-state index < -0.39 is 5.82 Å². The van der Waals surface area contributed by atoms with Crippen molar-refractivity contribution in [1.29, 1.82) is 0 Å². The molecule has 1 heterocycles. The number of benzene rings is 1. The highest BCUT2D eigenvalue weighted by atomic mass is 35.5. The molecule has 0 saturated carbocycles. The Labute approximate surface area is 116 Å². The molecule has 0 saturated heterocycles. The Morgan fingerprint density at radius 2 is 2.21 bits per heavy atom. The molecular formula is C14H15ClFN3. The summed E-state index contributed by atoms with van der Waals surface area (Å²) in [6, 6.07) is 4.88. The highest BCUT2D eigenvalue weighted by Crippen LogP contribution is 2.20. The SMILES string of the molecule is CCNC(Cc1ccc(Cl)c(F)c1)c1cnccn1. The van der Waals surface area contributed by atoms with Crippen molar-refractivity contribution in [2.45, 2.75) is 19.4 Å². The molecule has 1 N–H and O–H groups in total. The van der Waals surface area contributed by atoms with E-state index in [-0.39, 0.29) is 11.1 Å². The summed E-state index contributed by atoms with van der Waals surface area (Å²) in [5, 5.41) is 3.47. The predicted molar refractivity (Wildman–Crippen MR) is 73.6 cm³/mol. The molecule has 0 fully saturated rings. The summed E-state index contributed by atoms with van der Waals surface area (Å²) < 4.78 is 13.4. The molecule has 1 unspecified atom stereocenters. The Kier molecular flexibility index (Phi) is 4.82. The Morgan fingerprint density at radius 1 is 1.37 bits per heavy atom. The van der Waals surface area contributed by atoms with Gasteiger partial charge in [0.05, 0.1) is 16.8 Å². The maximum absolute atomic E-state index is 13.4. The van der Waals surface area contributed by atoms with Gasteiger partial charge in [-0.05, 0) is 30.7 Å². The van der Waals surface area contributed by atoms with Crippen LogP contribution in [0.15, 0.2) is 36.8 Å². The number of rotatable bonds is 5. The van der Waals surface area contributed by atoms with Crippen LogP contribution in [0.4, 0.5) is 4.39 Å². The van der Waals surface area contributed by atoms with Crippen LogP contribution in [-0.2, 0) is 6.42 Å². The number of likely N-dealkylation sites (N-methyl/N-ethyl adjacent to an activating group) is 1. The first-order chi connectivity index (χ1) is 9.20. The van der Waals surface area contributed by atoms with E-state index in [4.69, 9.17) is 11.6 Å². The van der Waals surface area contributed by atoms with Crippen LogP contribution >= 0.6 is 11.6 Å². The van der Waals surface area contributed by atoms with Crippen LogP contribution in [0.25, 0.3) is 0 Å². The highest BCUT2D eigenvalue weighted by Gasteiger charge is 2.13. The topological polar surface area (TPSA) is 37.8 Å². The summed E-state index contributed by atoms with van der Waals surface area (Å²) in [5.74, 6) is -0.395. The minimum atomic E-state index is -0.395. The quantitative estimate of drug-likeness (QED) is 0.914. The van der Waals surface area contributed by atoms with Crippen LogP contribution in [0.3, 0.4) is 0 Å². The zero-order chi connectivity index (χ0) is 13.7. The van der Waals surface area contributed by atoms with Crippen LogP contribution in [0.2, 0.25) is 5.02 Å². The molecule has 1 aromatic heterocycles. The van der Waals surface area contributed by atoms with Gasteiger partial charge in [0.2, 0.25) is 0 Å². The summed E-state index contributed by atoms with van der Waals surface area (Å²) in [7, 11) is 0. The molecular weight excluding hydrogens is 265 g/mol. The number of nitrogens with one attached hydrogen (secondary N) is 1. The molecule has 0 aliphatic rings. The summed E-state index contributed by atoms with van der Waals surface area (Å²) in [4.78, 5) is 8.35. The first kappa shape index (κ1) is 13.9. The van der Waals surface area contributed by atoms with Crippen LogP contribution in [0.5, 0.6) is 0 Å². The van der Waals surface area contributed by atoms with Crippen molar-refractivity contribution >= 4 is 11.6 Å². The van der Waals surface area contributed by atoms with E-state index in [9.17, 15) is 4.39 Å². The third-order valence-corrected chi connectivity index (χ3v) is 3.12. The Hall–Kier alpha value is -1.52. The molecule has 19 heavy (non-hydrogen) atoms. The van der Waals surface area contributed by atoms with Gasteiger partial charge in [0.25, 0.3) is 0 Å². The van der Waals surface area contributed by atoms with Crippen molar-refractivity contribution in [3.05, 3.63) is 58.9 Å². The van der Waals surface area contributed by atoms with Gasteiger partial charge in [-0.15, -0.1) is 0 Å². The van der Waals surface area contributed by atoms with E-state index in [0.717, 1.165) is 17.8 Å². The molecule has 0 aliphatic carbocycles. The van der Waals surface area contributed by atoms with Crippen molar-refractivity contribution in [2.24, 2.45) is 0 Å². The lowest BCUT2D eigenvalue weighted by atomic mass is 10.0. The zero-order valence-corrected chi connectivity index (χ0v) is 11.4. The predicted octanol–water partition coefficient (Wildman–Crippen LogP) is 3.16. The molecule has 0 aliphatic heterocycles. The van der Waals surface area contributed by atoms with Gasteiger partial charge < -0.3 is 5.32 Å². The fraction of sp³-hybridized carbons (Fsp3) is 0.286. The molecule has 0 spiro atoms. The van der Waals surface area contributed by atoms with Gasteiger partial charge in [-0.1, -0.05) is 24.6 Å². The molecule has 0 radical (unpaired) electrons. The van der Waals surface area contributed by atoms with Crippen LogP contribution in [-0.4, -0.2) is 16.5 Å². The van der Waals surface area contributed by atoms with Gasteiger partial charge in [0.1, 0.15) is 5.82 Å². The Balaban J connectivity index is 2.19. The largest absolute Gasteiger partial charge is 0.309 e. The van der Waals surface area contributed by atoms with Crippen LogP contribution in [0.1, 0.15) is 24.2 Å². The minimum Gasteiger partial charge on any atom is -0.309 e. The van der Waals surface area contributed by atoms with E-state index in [0.29, 0.717) is 6.42 Å². The van der Waals surface area contributed by atoms with Crippen molar-refractivity contribution in [1.82, 2.24) is 15.3 Å². The van der Waals surface area contributed by atoms with Crippen LogP contribution < -0.4 is 5.32 Å². The fourth-order valence-corrected chi connectivity index (χ4v) is 2.04. The fourth-order valence-electron chi connectivity index (χ4n) is 1.92. The maximum Gasteiger partial charge on any atom is 0.142 e. The summed E-state index contributed by atoms with van der Waals surface area (Å²) in [6.07, 6.45) is 5.65. The second kappa shape index (κ2) is 6.59. The molecule has 0 amide bonds. The van der Waals surface area contributed by atoms with Crippen molar-refractivity contribution < 1.29 is 4.39 Å². The standard InChI is InChI=1S/C14H15ClFN3/c1-2-18-13(14-9-17-5-6-19-14)8-10-3-4-11(15)12(16)7-10/h3-7,9,13,18H,2,8H2,1H3. The molecule has 2 rings (SSSR count). The van der Waals surface area contributed by atoms with Gasteiger partial charge in [0, 0.05) is 18.6 Å². The Bertz CT molecular complexity index is 533. The first-order valence-corrected chi connectivity index (χ1v) is 6.51. The first-order valence-electron chi connectivity index (χ1n) is 6.14. The number of hydrogen-bond donors (Lipinski definition) is 1. The van der Waals surface area contributed by atoms with Crippen LogP contribution in [0, 0.1) is 5.82 Å². The number of halogens is 2. The number of nitrogens with zero attached hydrogens (tertiary/aromatic N) is 2. The van der Waals surface area contributed by atoms with E-state index in [1.54, 1.807) is 24.7 Å². The lowest BCUT2D eigenvalue weighted by Gasteiger charge is -2.17. The lowest BCUT2D eigenvalue weighted by Crippen LogP contribution is -2.24. The molecule has 100 valence electrons. The summed E-state index contributed by atoms with van der Waals surface area (Å²) >= 11 is 5.68. The van der Waals surface area contributed by atoms with E-state index in [1.165, 1.54) is 6.07 Å². The molecule has 0 bridgehead atoms. The van der Waals surface area contributed by atoms with E-state index in [1.807, 2.05) is 13.0 Å². The van der Waals surface area contributed by atoms with Crippen molar-refractivity contribution in [3.63, 3.8) is 0 Å². The zero-order valence-electron chi connectivity index (χ0n) is 10.6. The van der Waals surface area contributed by atoms with E-state index in [2.05, 4.69) is 15.3 Å². The normalized spacial score (nSPS) is 12.4. The molecule has 5 heteroatoms. The minimum absolute atomic E-state index is 0.0132. The molecule has 2 aromatic rings. The van der Waals surface area contributed by atoms with Crippen molar-refractivity contribution in [3.8, 4) is 0 Å². The summed E-state index contributed by atoms with van der Waals surface area (Å²) in [6.45, 7) is 2.82. The smallest absolute Gasteiger partial charge is 0.142 e. The molecule has 3 nitrogen and oxygen atoms in total. The van der Waals surface area contributed by atoms with E-state index >= 15 is 0 Å². The van der Waals surface area contributed by atoms with Gasteiger partial charge in [-0.25, -0.2) is 4.39 Å². The van der Waals surface area contributed by atoms with Gasteiger partial charge in [-0.2, -0.15) is 0 Å². The number of aromatic nitrogens is 2. The average Bonchev–Trinajstić information content (AvgIpc) is 2.43. The average molecular weight is 280 g/mol. The monoisotopic (exact) mass is 279 g/mol. The maximum atomic E-state index is 13.4. The Morgan fingerprint density at radius 3 is 2.84 bits per heavy atom. The summed E-state index contributed by atoms with van der Waals surface area (Å²) in [5.41, 5.74) is 1.72. The lowest BCUT2D eigenvalue weighted by molar-refractivity contribution is 0.532. The van der Waals surface area contributed by atoms with Gasteiger partial charge >= 0.3 is 0 Å². The third-order valence-electron chi connectivity index (χ3n) is 2.81. The van der Waals surface area contributed by atoms with Gasteiger partial charge in [0.15, 0.2) is 0 Å². The number of hydrogen-bond acceptors (Lipinski definition) is 3. The second-order valence-corrected chi connectivity index (χ2v) is 4.60. The third kappa shape index (κ3) is 3.72. The molecule has 1 atom stereocenters. The van der Waals surface area contributed by atoms with Gasteiger partial charge in [-0.3, -0.25) is 9.97 Å². The highest BCUT2D eigenvalue weighted by molar-refractivity contribution is 6.30.